The maximum atomic E-state index is 6.10. The standard InChI is InChI=1S/C14H15ClN2/c1-2-10-6-8-11(9-7-10)17-14-12(15)4-3-5-13(14)16/h3-9,17H,2,16H2,1H3. The van der Waals surface area contributed by atoms with Crippen molar-refractivity contribution in [2.24, 2.45) is 0 Å². The number of benzene rings is 2. The van der Waals surface area contributed by atoms with Gasteiger partial charge in [-0.1, -0.05) is 36.7 Å². The third-order valence-electron chi connectivity index (χ3n) is 2.68. The number of para-hydroxylation sites is 1. The van der Waals surface area contributed by atoms with Crippen molar-refractivity contribution in [3.05, 3.63) is 53.1 Å². The summed E-state index contributed by atoms with van der Waals surface area (Å²) in [6.07, 6.45) is 1.04. The summed E-state index contributed by atoms with van der Waals surface area (Å²) in [5.74, 6) is 0. The predicted octanol–water partition coefficient (Wildman–Crippen LogP) is 4.23. The van der Waals surface area contributed by atoms with Crippen LogP contribution in [-0.4, -0.2) is 0 Å². The van der Waals surface area contributed by atoms with Gasteiger partial charge in [-0.05, 0) is 36.2 Å². The Labute approximate surface area is 106 Å². The Kier molecular flexibility index (Phi) is 3.55. The van der Waals surface area contributed by atoms with Crippen molar-refractivity contribution in [1.29, 1.82) is 0 Å². The number of hydrogen-bond acceptors (Lipinski definition) is 2. The molecule has 0 aliphatic rings. The Morgan fingerprint density at radius 3 is 2.41 bits per heavy atom. The normalized spacial score (nSPS) is 10.2. The highest BCUT2D eigenvalue weighted by atomic mass is 35.5. The molecule has 0 unspecified atom stereocenters. The summed E-state index contributed by atoms with van der Waals surface area (Å²) >= 11 is 6.10. The van der Waals surface area contributed by atoms with Crippen molar-refractivity contribution in [2.45, 2.75) is 13.3 Å². The lowest BCUT2D eigenvalue weighted by Gasteiger charge is -2.11. The van der Waals surface area contributed by atoms with Gasteiger partial charge in [0.2, 0.25) is 0 Å². The highest BCUT2D eigenvalue weighted by molar-refractivity contribution is 6.34. The van der Waals surface area contributed by atoms with Crippen molar-refractivity contribution in [1.82, 2.24) is 0 Å². The van der Waals surface area contributed by atoms with E-state index in [4.69, 9.17) is 17.3 Å². The van der Waals surface area contributed by atoms with Crippen LogP contribution in [0.2, 0.25) is 5.02 Å². The summed E-state index contributed by atoms with van der Waals surface area (Å²) in [5, 5.41) is 3.86. The first-order valence-corrected chi connectivity index (χ1v) is 5.98. The van der Waals surface area contributed by atoms with Crippen LogP contribution in [0.15, 0.2) is 42.5 Å². The third-order valence-corrected chi connectivity index (χ3v) is 2.99. The molecule has 2 aromatic rings. The molecule has 0 heterocycles. The summed E-state index contributed by atoms with van der Waals surface area (Å²) in [6.45, 7) is 2.13. The van der Waals surface area contributed by atoms with E-state index in [0.717, 1.165) is 17.8 Å². The first kappa shape index (κ1) is 11.8. The van der Waals surface area contributed by atoms with Gasteiger partial charge in [-0.2, -0.15) is 0 Å². The van der Waals surface area contributed by atoms with Gasteiger partial charge in [-0.25, -0.2) is 0 Å². The van der Waals surface area contributed by atoms with Crippen LogP contribution < -0.4 is 11.1 Å². The van der Waals surface area contributed by atoms with E-state index in [2.05, 4.69) is 24.4 Å². The topological polar surface area (TPSA) is 38.0 Å². The van der Waals surface area contributed by atoms with Crippen LogP contribution in [0.4, 0.5) is 17.1 Å². The molecule has 0 saturated carbocycles. The minimum Gasteiger partial charge on any atom is -0.397 e. The number of nitrogens with two attached hydrogens (primary N) is 1. The quantitative estimate of drug-likeness (QED) is 0.796. The number of halogens is 1. The number of nitrogen functional groups attached to an aromatic ring is 1. The smallest absolute Gasteiger partial charge is 0.0807 e. The number of aryl methyl sites for hydroxylation is 1. The summed E-state index contributed by atoms with van der Waals surface area (Å²) in [7, 11) is 0. The van der Waals surface area contributed by atoms with E-state index in [1.165, 1.54) is 5.56 Å². The number of rotatable bonds is 3. The van der Waals surface area contributed by atoms with Crippen LogP contribution >= 0.6 is 11.6 Å². The van der Waals surface area contributed by atoms with E-state index < -0.39 is 0 Å². The molecule has 2 aromatic carbocycles. The molecule has 0 saturated heterocycles. The van der Waals surface area contributed by atoms with Gasteiger partial charge in [0.15, 0.2) is 0 Å². The average Bonchev–Trinajstić information content (AvgIpc) is 2.35. The molecular formula is C14H15ClN2. The van der Waals surface area contributed by atoms with Crippen molar-refractivity contribution in [2.75, 3.05) is 11.1 Å². The van der Waals surface area contributed by atoms with Crippen molar-refractivity contribution < 1.29 is 0 Å². The lowest BCUT2D eigenvalue weighted by molar-refractivity contribution is 1.14. The largest absolute Gasteiger partial charge is 0.397 e. The van der Waals surface area contributed by atoms with Gasteiger partial charge in [-0.3, -0.25) is 0 Å². The van der Waals surface area contributed by atoms with Gasteiger partial charge in [0.1, 0.15) is 0 Å². The minimum absolute atomic E-state index is 0.629. The molecule has 0 radical (unpaired) electrons. The van der Waals surface area contributed by atoms with Gasteiger partial charge in [-0.15, -0.1) is 0 Å². The van der Waals surface area contributed by atoms with Gasteiger partial charge in [0.25, 0.3) is 0 Å². The lowest BCUT2D eigenvalue weighted by atomic mass is 10.1. The molecule has 0 aliphatic heterocycles. The van der Waals surface area contributed by atoms with E-state index in [0.29, 0.717) is 10.7 Å². The molecule has 0 spiro atoms. The van der Waals surface area contributed by atoms with E-state index in [1.54, 1.807) is 0 Å². The van der Waals surface area contributed by atoms with Crippen LogP contribution in [0.1, 0.15) is 12.5 Å². The zero-order valence-electron chi connectivity index (χ0n) is 9.70. The molecule has 2 rings (SSSR count). The highest BCUT2D eigenvalue weighted by Crippen LogP contribution is 2.30. The highest BCUT2D eigenvalue weighted by Gasteiger charge is 2.04. The molecule has 0 fully saturated rings. The van der Waals surface area contributed by atoms with Crippen molar-refractivity contribution in [3.63, 3.8) is 0 Å². The van der Waals surface area contributed by atoms with Gasteiger partial charge >= 0.3 is 0 Å². The second kappa shape index (κ2) is 5.11. The monoisotopic (exact) mass is 246 g/mol. The summed E-state index contributed by atoms with van der Waals surface area (Å²) in [6, 6.07) is 13.7. The summed E-state index contributed by atoms with van der Waals surface area (Å²) in [4.78, 5) is 0. The Balaban J connectivity index is 2.25. The van der Waals surface area contributed by atoms with Gasteiger partial charge in [0.05, 0.1) is 16.4 Å². The van der Waals surface area contributed by atoms with E-state index in [-0.39, 0.29) is 0 Å². The molecular weight excluding hydrogens is 232 g/mol. The third kappa shape index (κ3) is 2.71. The fraction of sp³-hybridized carbons (Fsp3) is 0.143. The first-order valence-electron chi connectivity index (χ1n) is 5.60. The zero-order valence-corrected chi connectivity index (χ0v) is 10.5. The second-order valence-electron chi connectivity index (χ2n) is 3.88. The molecule has 3 N–H and O–H groups in total. The number of nitrogens with one attached hydrogen (secondary N) is 1. The van der Waals surface area contributed by atoms with Crippen molar-refractivity contribution in [3.8, 4) is 0 Å². The van der Waals surface area contributed by atoms with Gasteiger partial charge in [0, 0.05) is 5.69 Å². The summed E-state index contributed by atoms with van der Waals surface area (Å²) in [5.41, 5.74) is 9.59. The summed E-state index contributed by atoms with van der Waals surface area (Å²) < 4.78 is 0. The number of hydrogen-bond donors (Lipinski definition) is 2. The molecule has 17 heavy (non-hydrogen) atoms. The Bertz CT molecular complexity index is 486. The predicted molar refractivity (Wildman–Crippen MR) is 75.0 cm³/mol. The maximum absolute atomic E-state index is 6.10. The molecule has 0 bridgehead atoms. The minimum atomic E-state index is 0.629. The molecule has 2 nitrogen and oxygen atoms in total. The van der Waals surface area contributed by atoms with E-state index in [1.807, 2.05) is 30.3 Å². The maximum Gasteiger partial charge on any atom is 0.0807 e. The first-order chi connectivity index (χ1) is 8.20. The van der Waals surface area contributed by atoms with E-state index in [9.17, 15) is 0 Å². The molecule has 0 amide bonds. The lowest BCUT2D eigenvalue weighted by Crippen LogP contribution is -1.97. The molecule has 0 aromatic heterocycles. The number of anilines is 3. The molecule has 88 valence electrons. The second-order valence-corrected chi connectivity index (χ2v) is 4.29. The fourth-order valence-corrected chi connectivity index (χ4v) is 1.87. The SMILES string of the molecule is CCc1ccc(Nc2c(N)cccc2Cl)cc1. The van der Waals surface area contributed by atoms with Crippen LogP contribution in [-0.2, 0) is 6.42 Å². The zero-order chi connectivity index (χ0) is 12.3. The van der Waals surface area contributed by atoms with Crippen LogP contribution in [0, 0.1) is 0 Å². The van der Waals surface area contributed by atoms with Crippen molar-refractivity contribution >= 4 is 28.7 Å². The van der Waals surface area contributed by atoms with Crippen LogP contribution in [0.3, 0.4) is 0 Å². The molecule has 3 heteroatoms. The average molecular weight is 247 g/mol. The Morgan fingerprint density at radius 1 is 1.12 bits per heavy atom. The Hall–Kier alpha value is -1.67. The fourth-order valence-electron chi connectivity index (χ4n) is 1.64. The van der Waals surface area contributed by atoms with Gasteiger partial charge < -0.3 is 11.1 Å². The molecule has 0 aliphatic carbocycles. The van der Waals surface area contributed by atoms with Crippen LogP contribution in [0.5, 0.6) is 0 Å². The Morgan fingerprint density at radius 2 is 1.82 bits per heavy atom. The van der Waals surface area contributed by atoms with E-state index >= 15 is 0 Å². The van der Waals surface area contributed by atoms with Crippen LogP contribution in [0.25, 0.3) is 0 Å². The molecule has 0 atom stereocenters.